The van der Waals surface area contributed by atoms with Crippen LogP contribution in [-0.2, 0) is 29.1 Å². The van der Waals surface area contributed by atoms with Crippen molar-refractivity contribution in [1.29, 1.82) is 0 Å². The highest BCUT2D eigenvalue weighted by molar-refractivity contribution is 7.89. The summed E-state index contributed by atoms with van der Waals surface area (Å²) in [5.74, 6) is -0.696. The summed E-state index contributed by atoms with van der Waals surface area (Å²) in [6, 6.07) is 4.46. The Bertz CT molecular complexity index is 930. The van der Waals surface area contributed by atoms with Crippen LogP contribution in [0.3, 0.4) is 0 Å². The second-order valence-corrected chi connectivity index (χ2v) is 10.2. The molecule has 0 spiro atoms. The molecule has 9 nitrogen and oxygen atoms in total. The molecular formula is C22H33N3O6S. The molecule has 2 atom stereocenters. The number of morpholine rings is 1. The second kappa shape index (κ2) is 10.7. The van der Waals surface area contributed by atoms with Gasteiger partial charge in [-0.1, -0.05) is 6.07 Å². The topological polar surface area (TPSA) is 105 Å². The van der Waals surface area contributed by atoms with Crippen molar-refractivity contribution in [2.45, 2.75) is 44.6 Å². The van der Waals surface area contributed by atoms with Crippen molar-refractivity contribution in [2.24, 2.45) is 5.92 Å². The number of ether oxygens (including phenoxy) is 2. The third kappa shape index (κ3) is 5.67. The summed E-state index contributed by atoms with van der Waals surface area (Å²) < 4.78 is 38.0. The Morgan fingerprint density at radius 3 is 2.66 bits per heavy atom. The number of benzene rings is 1. The Labute approximate surface area is 190 Å². The fourth-order valence-electron chi connectivity index (χ4n) is 4.11. The van der Waals surface area contributed by atoms with Gasteiger partial charge in [-0.2, -0.15) is 4.31 Å². The van der Waals surface area contributed by atoms with E-state index in [1.807, 2.05) is 4.90 Å². The summed E-state index contributed by atoms with van der Waals surface area (Å²) >= 11 is 0. The minimum absolute atomic E-state index is 0.185. The van der Waals surface area contributed by atoms with Crippen LogP contribution in [-0.4, -0.2) is 81.5 Å². The number of aryl methyl sites for hydroxylation is 1. The lowest BCUT2D eigenvalue weighted by molar-refractivity contribution is -0.150. The summed E-state index contributed by atoms with van der Waals surface area (Å²) in [6.07, 6.45) is 1.57. The van der Waals surface area contributed by atoms with Gasteiger partial charge >= 0.3 is 5.97 Å². The van der Waals surface area contributed by atoms with Gasteiger partial charge < -0.3 is 14.8 Å². The zero-order chi connectivity index (χ0) is 23.3. The Morgan fingerprint density at radius 1 is 1.25 bits per heavy atom. The van der Waals surface area contributed by atoms with Crippen molar-refractivity contribution in [3.8, 4) is 0 Å². The number of rotatable bonds is 7. The second-order valence-electron chi connectivity index (χ2n) is 8.25. The van der Waals surface area contributed by atoms with E-state index in [1.54, 1.807) is 32.9 Å². The average Bonchev–Trinajstić information content (AvgIpc) is 2.80. The number of piperidine rings is 1. The number of hydrogen-bond acceptors (Lipinski definition) is 7. The summed E-state index contributed by atoms with van der Waals surface area (Å²) in [6.45, 7) is 8.21. The molecule has 2 saturated heterocycles. The first kappa shape index (κ1) is 24.6. The van der Waals surface area contributed by atoms with Crippen molar-refractivity contribution in [3.05, 3.63) is 23.8 Å². The Hall–Kier alpha value is -2.01. The smallest absolute Gasteiger partial charge is 0.310 e. The van der Waals surface area contributed by atoms with Crippen LogP contribution in [0.2, 0.25) is 0 Å². The molecule has 178 valence electrons. The number of likely N-dealkylation sites (tertiary alicyclic amines) is 1. The molecule has 0 radical (unpaired) electrons. The first-order chi connectivity index (χ1) is 15.2. The fourth-order valence-corrected chi connectivity index (χ4v) is 5.76. The maximum Gasteiger partial charge on any atom is 0.310 e. The number of amides is 1. The van der Waals surface area contributed by atoms with Crippen LogP contribution in [0, 0.1) is 12.8 Å². The Balaban J connectivity index is 1.69. The highest BCUT2D eigenvalue weighted by Gasteiger charge is 2.32. The highest BCUT2D eigenvalue weighted by Crippen LogP contribution is 2.25. The van der Waals surface area contributed by atoms with Gasteiger partial charge in [-0.25, -0.2) is 8.42 Å². The molecule has 10 heteroatoms. The third-order valence-corrected chi connectivity index (χ3v) is 8.08. The van der Waals surface area contributed by atoms with Crippen LogP contribution in [0.4, 0.5) is 5.69 Å². The maximum atomic E-state index is 13.1. The molecule has 1 aromatic carbocycles. The SMILES string of the molecule is CCOC(=O)C1CCCN(C(C)C(=O)Nc2ccc(C)c(S(=O)(=O)N3CCOCC3)c2)C1. The molecule has 1 aromatic rings. The van der Waals surface area contributed by atoms with Crippen molar-refractivity contribution < 1.29 is 27.5 Å². The lowest BCUT2D eigenvalue weighted by Crippen LogP contribution is -2.48. The molecule has 0 bridgehead atoms. The van der Waals surface area contributed by atoms with Crippen LogP contribution >= 0.6 is 0 Å². The minimum Gasteiger partial charge on any atom is -0.466 e. The molecule has 1 amide bonds. The number of esters is 1. The number of nitrogens with one attached hydrogen (secondary N) is 1. The largest absolute Gasteiger partial charge is 0.466 e. The molecule has 0 saturated carbocycles. The molecular weight excluding hydrogens is 434 g/mol. The van der Waals surface area contributed by atoms with Crippen molar-refractivity contribution in [3.63, 3.8) is 0 Å². The van der Waals surface area contributed by atoms with E-state index in [4.69, 9.17) is 9.47 Å². The zero-order valence-corrected chi connectivity index (χ0v) is 19.8. The quantitative estimate of drug-likeness (QED) is 0.608. The average molecular weight is 468 g/mol. The predicted molar refractivity (Wildman–Crippen MR) is 120 cm³/mol. The van der Waals surface area contributed by atoms with E-state index in [1.165, 1.54) is 10.4 Å². The van der Waals surface area contributed by atoms with Gasteiger partial charge in [-0.15, -0.1) is 0 Å². The van der Waals surface area contributed by atoms with Crippen LogP contribution in [0.25, 0.3) is 0 Å². The van der Waals surface area contributed by atoms with E-state index < -0.39 is 16.1 Å². The first-order valence-corrected chi connectivity index (χ1v) is 12.6. The third-order valence-electron chi connectivity index (χ3n) is 6.04. The molecule has 1 N–H and O–H groups in total. The molecule has 2 aliphatic heterocycles. The van der Waals surface area contributed by atoms with Gasteiger partial charge in [0.05, 0.1) is 36.7 Å². The normalized spacial score (nSPS) is 21.7. The predicted octanol–water partition coefficient (Wildman–Crippen LogP) is 1.62. The van der Waals surface area contributed by atoms with E-state index >= 15 is 0 Å². The highest BCUT2D eigenvalue weighted by atomic mass is 32.2. The van der Waals surface area contributed by atoms with Crippen molar-refractivity contribution in [1.82, 2.24) is 9.21 Å². The standard InChI is InChI=1S/C22H33N3O6S/c1-4-31-22(27)18-6-5-9-24(15-18)17(3)21(26)23-19-8-7-16(2)20(14-19)32(28,29)25-10-12-30-13-11-25/h7-8,14,17-18H,4-6,9-13,15H2,1-3H3,(H,23,26). The van der Waals surface area contributed by atoms with Crippen LogP contribution in [0.15, 0.2) is 23.1 Å². The summed E-state index contributed by atoms with van der Waals surface area (Å²) in [4.78, 5) is 27.2. The van der Waals surface area contributed by atoms with Gasteiger partial charge in [0.25, 0.3) is 0 Å². The lowest BCUT2D eigenvalue weighted by Gasteiger charge is -2.35. The Kier molecular flexibility index (Phi) is 8.26. The maximum absolute atomic E-state index is 13.1. The molecule has 2 aliphatic rings. The van der Waals surface area contributed by atoms with E-state index in [2.05, 4.69) is 5.32 Å². The summed E-state index contributed by atoms with van der Waals surface area (Å²) in [5, 5.41) is 2.85. The molecule has 2 unspecified atom stereocenters. The molecule has 0 aromatic heterocycles. The number of anilines is 1. The van der Waals surface area contributed by atoms with Crippen molar-refractivity contribution >= 4 is 27.6 Å². The fraction of sp³-hybridized carbons (Fsp3) is 0.636. The zero-order valence-electron chi connectivity index (χ0n) is 19.0. The number of sulfonamides is 1. The molecule has 3 rings (SSSR count). The van der Waals surface area contributed by atoms with Gasteiger partial charge in [-0.3, -0.25) is 14.5 Å². The Morgan fingerprint density at radius 2 is 1.97 bits per heavy atom. The van der Waals surface area contributed by atoms with Crippen LogP contribution in [0.1, 0.15) is 32.3 Å². The number of carbonyl (C=O) groups is 2. The molecule has 2 heterocycles. The van der Waals surface area contributed by atoms with E-state index in [-0.39, 0.29) is 22.7 Å². The van der Waals surface area contributed by atoms with E-state index in [9.17, 15) is 18.0 Å². The number of nitrogens with zero attached hydrogens (tertiary/aromatic N) is 2. The van der Waals surface area contributed by atoms with Gasteiger partial charge in [-0.05, 0) is 57.9 Å². The van der Waals surface area contributed by atoms with Crippen LogP contribution < -0.4 is 5.32 Å². The number of carbonyl (C=O) groups excluding carboxylic acids is 2. The van der Waals surface area contributed by atoms with E-state index in [0.717, 1.165) is 19.4 Å². The van der Waals surface area contributed by atoms with Crippen molar-refractivity contribution in [2.75, 3.05) is 51.3 Å². The molecule has 2 fully saturated rings. The van der Waals surface area contributed by atoms with Gasteiger partial charge in [0.2, 0.25) is 15.9 Å². The van der Waals surface area contributed by atoms with Gasteiger partial charge in [0.15, 0.2) is 0 Å². The lowest BCUT2D eigenvalue weighted by atomic mass is 9.97. The van der Waals surface area contributed by atoms with Crippen LogP contribution in [0.5, 0.6) is 0 Å². The minimum atomic E-state index is -3.67. The van der Waals surface area contributed by atoms with E-state index in [0.29, 0.717) is 50.7 Å². The van der Waals surface area contributed by atoms with Gasteiger partial charge in [0, 0.05) is 25.3 Å². The summed E-state index contributed by atoms with van der Waals surface area (Å²) in [7, 11) is -3.67. The summed E-state index contributed by atoms with van der Waals surface area (Å²) in [5.41, 5.74) is 1.05. The number of hydrogen-bond donors (Lipinski definition) is 1. The molecule has 32 heavy (non-hydrogen) atoms. The monoisotopic (exact) mass is 467 g/mol. The van der Waals surface area contributed by atoms with Gasteiger partial charge in [0.1, 0.15) is 0 Å². The first-order valence-electron chi connectivity index (χ1n) is 11.1. The molecule has 0 aliphatic carbocycles.